The van der Waals surface area contributed by atoms with E-state index in [1.165, 1.54) is 11.8 Å². The van der Waals surface area contributed by atoms with E-state index in [1.807, 2.05) is 31.2 Å². The van der Waals surface area contributed by atoms with Gasteiger partial charge >= 0.3 is 0 Å². The summed E-state index contributed by atoms with van der Waals surface area (Å²) in [6, 6.07) is 11.3. The Labute approximate surface area is 167 Å². The Bertz CT molecular complexity index is 914. The zero-order valence-corrected chi connectivity index (χ0v) is 17.1. The van der Waals surface area contributed by atoms with Gasteiger partial charge in [0.2, 0.25) is 5.75 Å². The second-order valence-electron chi connectivity index (χ2n) is 5.76. The molecule has 5 nitrogen and oxygen atoms in total. The third kappa shape index (κ3) is 3.65. The first-order chi connectivity index (χ1) is 13.0. The summed E-state index contributed by atoms with van der Waals surface area (Å²) >= 11 is 6.72. The molecular weight excluding hydrogens is 382 g/mol. The number of thioether (sulfide) groups is 1. The van der Waals surface area contributed by atoms with E-state index in [0.717, 1.165) is 16.8 Å². The number of carbonyl (C=O) groups is 1. The lowest BCUT2D eigenvalue weighted by Gasteiger charge is -2.16. The predicted molar refractivity (Wildman–Crippen MR) is 113 cm³/mol. The summed E-state index contributed by atoms with van der Waals surface area (Å²) in [6.45, 7) is 1.96. The van der Waals surface area contributed by atoms with E-state index in [1.54, 1.807) is 44.4 Å². The molecule has 0 aliphatic carbocycles. The molecule has 2 aromatic carbocycles. The van der Waals surface area contributed by atoms with Gasteiger partial charge in [0.15, 0.2) is 15.8 Å². The number of anilines is 1. The number of rotatable bonds is 5. The number of amides is 1. The van der Waals surface area contributed by atoms with Crippen LogP contribution in [-0.4, -0.2) is 31.6 Å². The van der Waals surface area contributed by atoms with Crippen molar-refractivity contribution < 1.29 is 19.0 Å². The van der Waals surface area contributed by atoms with Crippen LogP contribution in [0, 0.1) is 6.92 Å². The van der Waals surface area contributed by atoms with E-state index in [4.69, 9.17) is 26.4 Å². The number of nitrogens with zero attached hydrogens (tertiary/aromatic N) is 1. The van der Waals surface area contributed by atoms with E-state index in [0.29, 0.717) is 26.5 Å². The quantitative estimate of drug-likeness (QED) is 0.546. The van der Waals surface area contributed by atoms with Crippen molar-refractivity contribution in [3.63, 3.8) is 0 Å². The fraction of sp³-hybridized carbons (Fsp3) is 0.200. The number of hydrogen-bond donors (Lipinski definition) is 0. The minimum atomic E-state index is -0.145. The molecular formula is C20H19NO4S2. The van der Waals surface area contributed by atoms with Crippen LogP contribution in [0.1, 0.15) is 11.1 Å². The van der Waals surface area contributed by atoms with Gasteiger partial charge in [0, 0.05) is 0 Å². The Balaban J connectivity index is 2.00. The topological polar surface area (TPSA) is 48.0 Å². The SMILES string of the molecule is COc1cc(/C=C2/SC(=S)N(c3ccccc3C)C2=O)cc(OC)c1OC. The summed E-state index contributed by atoms with van der Waals surface area (Å²) in [5.74, 6) is 1.41. The van der Waals surface area contributed by atoms with Gasteiger partial charge < -0.3 is 14.2 Å². The molecule has 1 aliphatic rings. The average molecular weight is 402 g/mol. The highest BCUT2D eigenvalue weighted by atomic mass is 32.2. The molecule has 27 heavy (non-hydrogen) atoms. The lowest BCUT2D eigenvalue weighted by Crippen LogP contribution is -2.28. The third-order valence-electron chi connectivity index (χ3n) is 4.13. The number of methoxy groups -OCH3 is 3. The Kier molecular flexibility index (Phi) is 5.72. The van der Waals surface area contributed by atoms with Gasteiger partial charge in [-0.15, -0.1) is 0 Å². The molecule has 0 bridgehead atoms. The number of ether oxygens (including phenoxy) is 3. The highest BCUT2D eigenvalue weighted by Gasteiger charge is 2.34. The monoisotopic (exact) mass is 401 g/mol. The number of hydrogen-bond acceptors (Lipinski definition) is 6. The van der Waals surface area contributed by atoms with Gasteiger partial charge in [0.1, 0.15) is 0 Å². The maximum absolute atomic E-state index is 13.0. The summed E-state index contributed by atoms with van der Waals surface area (Å²) in [5.41, 5.74) is 2.55. The second-order valence-corrected chi connectivity index (χ2v) is 7.44. The smallest absolute Gasteiger partial charge is 0.270 e. The van der Waals surface area contributed by atoms with E-state index in [-0.39, 0.29) is 5.91 Å². The summed E-state index contributed by atoms with van der Waals surface area (Å²) in [7, 11) is 4.66. The molecule has 0 spiro atoms. The van der Waals surface area contributed by atoms with Gasteiger partial charge in [-0.1, -0.05) is 42.2 Å². The Morgan fingerprint density at radius 2 is 1.67 bits per heavy atom. The van der Waals surface area contributed by atoms with Crippen molar-refractivity contribution in [2.45, 2.75) is 6.92 Å². The molecule has 1 heterocycles. The zero-order valence-electron chi connectivity index (χ0n) is 15.4. The highest BCUT2D eigenvalue weighted by Crippen LogP contribution is 2.41. The predicted octanol–water partition coefficient (Wildman–Crippen LogP) is 4.43. The molecule has 2 aromatic rings. The van der Waals surface area contributed by atoms with Crippen LogP contribution in [0.4, 0.5) is 5.69 Å². The van der Waals surface area contributed by atoms with Crippen LogP contribution in [0.2, 0.25) is 0 Å². The summed E-state index contributed by atoms with van der Waals surface area (Å²) in [5, 5.41) is 0. The number of thiocarbonyl (C=S) groups is 1. The van der Waals surface area contributed by atoms with Crippen molar-refractivity contribution in [3.8, 4) is 17.2 Å². The first-order valence-corrected chi connectivity index (χ1v) is 9.36. The number of benzene rings is 2. The normalized spacial score (nSPS) is 15.4. The first kappa shape index (κ1) is 19.3. The van der Waals surface area contributed by atoms with Gasteiger partial charge in [-0.05, 0) is 42.3 Å². The largest absolute Gasteiger partial charge is 0.493 e. The van der Waals surface area contributed by atoms with Gasteiger partial charge in [0.25, 0.3) is 5.91 Å². The van der Waals surface area contributed by atoms with E-state index in [2.05, 4.69) is 0 Å². The molecule has 1 fully saturated rings. The molecule has 1 amide bonds. The third-order valence-corrected chi connectivity index (χ3v) is 5.44. The van der Waals surface area contributed by atoms with Gasteiger partial charge in [-0.2, -0.15) is 0 Å². The average Bonchev–Trinajstić information content (AvgIpc) is 2.94. The van der Waals surface area contributed by atoms with E-state index >= 15 is 0 Å². The lowest BCUT2D eigenvalue weighted by atomic mass is 10.1. The summed E-state index contributed by atoms with van der Waals surface area (Å²) in [4.78, 5) is 15.1. The van der Waals surface area contributed by atoms with Crippen LogP contribution in [0.5, 0.6) is 17.2 Å². The van der Waals surface area contributed by atoms with Crippen LogP contribution >= 0.6 is 24.0 Å². The Morgan fingerprint density at radius 3 is 2.22 bits per heavy atom. The molecule has 0 atom stereocenters. The van der Waals surface area contributed by atoms with Gasteiger partial charge in [-0.3, -0.25) is 9.69 Å². The van der Waals surface area contributed by atoms with Crippen LogP contribution in [0.15, 0.2) is 41.3 Å². The van der Waals surface area contributed by atoms with Gasteiger partial charge in [-0.25, -0.2) is 0 Å². The van der Waals surface area contributed by atoms with Crippen LogP contribution < -0.4 is 19.1 Å². The molecule has 0 radical (unpaired) electrons. The van der Waals surface area contributed by atoms with Crippen molar-refractivity contribution in [1.82, 2.24) is 0 Å². The lowest BCUT2D eigenvalue weighted by molar-refractivity contribution is -0.113. The second kappa shape index (κ2) is 8.02. The Hall–Kier alpha value is -2.51. The van der Waals surface area contributed by atoms with Gasteiger partial charge in [0.05, 0.1) is 31.9 Å². The van der Waals surface area contributed by atoms with Crippen LogP contribution in [0.25, 0.3) is 6.08 Å². The molecule has 1 aliphatic heterocycles. The highest BCUT2D eigenvalue weighted by molar-refractivity contribution is 8.27. The minimum absolute atomic E-state index is 0.145. The standard InChI is InChI=1S/C20H19NO4S2/c1-12-7-5-6-8-14(12)21-19(22)17(27-20(21)26)11-13-9-15(23-2)18(25-4)16(10-13)24-3/h5-11H,1-4H3/b17-11+. The molecule has 0 aromatic heterocycles. The van der Waals surface area contributed by atoms with Crippen molar-refractivity contribution in [2.24, 2.45) is 0 Å². The number of para-hydroxylation sites is 1. The molecule has 3 rings (SSSR count). The molecule has 7 heteroatoms. The molecule has 1 saturated heterocycles. The Morgan fingerprint density at radius 1 is 1.04 bits per heavy atom. The minimum Gasteiger partial charge on any atom is -0.493 e. The maximum atomic E-state index is 13.0. The summed E-state index contributed by atoms with van der Waals surface area (Å²) in [6.07, 6.45) is 1.78. The van der Waals surface area contributed by atoms with E-state index in [9.17, 15) is 4.79 Å². The molecule has 140 valence electrons. The fourth-order valence-electron chi connectivity index (χ4n) is 2.83. The van der Waals surface area contributed by atoms with E-state index < -0.39 is 0 Å². The molecule has 0 saturated carbocycles. The summed E-state index contributed by atoms with van der Waals surface area (Å²) < 4.78 is 16.6. The molecule has 0 unspecified atom stereocenters. The van der Waals surface area contributed by atoms with Crippen molar-refractivity contribution in [2.75, 3.05) is 26.2 Å². The van der Waals surface area contributed by atoms with Crippen molar-refractivity contribution >= 4 is 46.0 Å². The fourth-order valence-corrected chi connectivity index (χ4v) is 4.11. The number of aryl methyl sites for hydroxylation is 1. The maximum Gasteiger partial charge on any atom is 0.270 e. The van der Waals surface area contributed by atoms with Crippen LogP contribution in [0.3, 0.4) is 0 Å². The number of carbonyl (C=O) groups excluding carboxylic acids is 1. The molecule has 0 N–H and O–H groups in total. The zero-order chi connectivity index (χ0) is 19.6. The first-order valence-electron chi connectivity index (χ1n) is 8.13. The van der Waals surface area contributed by atoms with Crippen molar-refractivity contribution in [3.05, 3.63) is 52.4 Å². The van der Waals surface area contributed by atoms with Crippen molar-refractivity contribution in [1.29, 1.82) is 0 Å². The van der Waals surface area contributed by atoms with Crippen LogP contribution in [-0.2, 0) is 4.79 Å².